The molecule has 18 heavy (non-hydrogen) atoms. The van der Waals surface area contributed by atoms with Gasteiger partial charge in [-0.3, -0.25) is 0 Å². The number of hydrogen-bond acceptors (Lipinski definition) is 4. The van der Waals surface area contributed by atoms with Gasteiger partial charge in [-0.05, 0) is 22.9 Å². The Labute approximate surface area is 110 Å². The van der Waals surface area contributed by atoms with Crippen LogP contribution in [0.4, 0.5) is 0 Å². The summed E-state index contributed by atoms with van der Waals surface area (Å²) in [6.45, 7) is 1.87. The summed E-state index contributed by atoms with van der Waals surface area (Å²) < 4.78 is 0. The molecule has 1 aromatic heterocycles. The maximum absolute atomic E-state index is 5.93. The Hall–Kier alpha value is -1.46. The molecule has 1 N–H and O–H groups in total. The van der Waals surface area contributed by atoms with E-state index in [4.69, 9.17) is 11.6 Å². The molecule has 0 amide bonds. The topological polar surface area (TPSA) is 55.6 Å². The van der Waals surface area contributed by atoms with Crippen LogP contribution in [0.25, 0.3) is 0 Å². The second-order valence-corrected chi connectivity index (χ2v) is 5.20. The van der Waals surface area contributed by atoms with Gasteiger partial charge in [-0.2, -0.15) is 4.80 Å². The van der Waals surface area contributed by atoms with E-state index in [1.807, 2.05) is 12.1 Å². The van der Waals surface area contributed by atoms with E-state index >= 15 is 0 Å². The summed E-state index contributed by atoms with van der Waals surface area (Å²) in [5.41, 5.74) is 1.35. The normalized spacial score (nSPS) is 17.4. The predicted molar refractivity (Wildman–Crippen MR) is 68.5 cm³/mol. The summed E-state index contributed by atoms with van der Waals surface area (Å²) in [4.78, 5) is 1.50. The summed E-state index contributed by atoms with van der Waals surface area (Å²) in [7, 11) is 1.78. The van der Waals surface area contributed by atoms with Crippen LogP contribution in [0.5, 0.6) is 0 Å². The third-order valence-corrected chi connectivity index (χ3v) is 3.68. The van der Waals surface area contributed by atoms with E-state index in [1.54, 1.807) is 7.05 Å². The van der Waals surface area contributed by atoms with E-state index in [1.165, 1.54) is 10.4 Å². The predicted octanol–water partition coefficient (Wildman–Crippen LogP) is 0.947. The van der Waals surface area contributed by atoms with Gasteiger partial charge < -0.3 is 5.32 Å². The second kappa shape index (κ2) is 4.33. The highest BCUT2D eigenvalue weighted by Crippen LogP contribution is 2.32. The van der Waals surface area contributed by atoms with Gasteiger partial charge in [-0.25, -0.2) is 0 Å². The minimum atomic E-state index is 0.0770. The monoisotopic (exact) mass is 263 g/mol. The van der Waals surface area contributed by atoms with Crippen molar-refractivity contribution in [2.75, 3.05) is 13.1 Å². The van der Waals surface area contributed by atoms with Crippen LogP contribution in [0.1, 0.15) is 11.4 Å². The highest BCUT2D eigenvalue weighted by atomic mass is 35.5. The fraction of sp³-hybridized carbons (Fsp3) is 0.417. The van der Waals surface area contributed by atoms with Crippen molar-refractivity contribution < 1.29 is 0 Å². The lowest BCUT2D eigenvalue weighted by molar-refractivity contribution is 0.270. The Morgan fingerprint density at radius 2 is 2.06 bits per heavy atom. The number of aryl methyl sites for hydroxylation is 1. The molecule has 0 saturated carbocycles. The molecule has 1 aliphatic rings. The summed E-state index contributed by atoms with van der Waals surface area (Å²) in [5, 5.41) is 16.3. The second-order valence-electron chi connectivity index (χ2n) is 4.76. The van der Waals surface area contributed by atoms with E-state index in [2.05, 4.69) is 32.9 Å². The quantitative estimate of drug-likeness (QED) is 0.896. The number of rotatable bonds is 3. The molecule has 0 atom stereocenters. The van der Waals surface area contributed by atoms with Crippen molar-refractivity contribution in [3.8, 4) is 0 Å². The van der Waals surface area contributed by atoms with Gasteiger partial charge in [0.2, 0.25) is 0 Å². The third kappa shape index (κ3) is 2.00. The van der Waals surface area contributed by atoms with Gasteiger partial charge >= 0.3 is 0 Å². The maximum Gasteiger partial charge on any atom is 0.175 e. The molecule has 5 nitrogen and oxygen atoms in total. The molecule has 1 fully saturated rings. The van der Waals surface area contributed by atoms with Crippen LogP contribution in [0, 0.1) is 0 Å². The summed E-state index contributed by atoms with van der Waals surface area (Å²) in [6.07, 6.45) is 0.801. The van der Waals surface area contributed by atoms with Crippen molar-refractivity contribution in [1.29, 1.82) is 0 Å². The summed E-state index contributed by atoms with van der Waals surface area (Å²) in [5.74, 6) is 0.786. The molecular formula is C12H14ClN5. The van der Waals surface area contributed by atoms with E-state index in [9.17, 15) is 0 Å². The molecule has 2 heterocycles. The first-order chi connectivity index (χ1) is 8.68. The molecule has 2 aromatic rings. The number of tetrazole rings is 1. The van der Waals surface area contributed by atoms with Crippen LogP contribution in [-0.2, 0) is 18.9 Å². The highest BCUT2D eigenvalue weighted by Gasteiger charge is 2.39. The summed E-state index contributed by atoms with van der Waals surface area (Å²) >= 11 is 5.93. The summed E-state index contributed by atoms with van der Waals surface area (Å²) in [6, 6.07) is 8.03. The lowest BCUT2D eigenvalue weighted by Gasteiger charge is -2.42. The van der Waals surface area contributed by atoms with Crippen molar-refractivity contribution in [2.45, 2.75) is 11.8 Å². The van der Waals surface area contributed by atoms with Crippen LogP contribution >= 0.6 is 11.6 Å². The molecule has 94 valence electrons. The van der Waals surface area contributed by atoms with Gasteiger partial charge in [0.25, 0.3) is 0 Å². The van der Waals surface area contributed by atoms with E-state index in [0.29, 0.717) is 0 Å². The van der Waals surface area contributed by atoms with Gasteiger partial charge in [0.05, 0.1) is 7.05 Å². The Morgan fingerprint density at radius 1 is 1.33 bits per heavy atom. The first-order valence-electron chi connectivity index (χ1n) is 5.88. The van der Waals surface area contributed by atoms with E-state index in [0.717, 1.165) is 30.4 Å². The molecule has 1 saturated heterocycles. The van der Waals surface area contributed by atoms with Gasteiger partial charge in [0.15, 0.2) is 5.82 Å². The zero-order valence-corrected chi connectivity index (χ0v) is 10.9. The minimum absolute atomic E-state index is 0.0770. The molecule has 0 radical (unpaired) electrons. The molecular weight excluding hydrogens is 250 g/mol. The average molecular weight is 264 g/mol. The molecule has 0 spiro atoms. The lowest BCUT2D eigenvalue weighted by atomic mass is 9.72. The van der Waals surface area contributed by atoms with Crippen LogP contribution in [-0.4, -0.2) is 33.3 Å². The zero-order valence-electron chi connectivity index (χ0n) is 10.1. The van der Waals surface area contributed by atoms with Gasteiger partial charge in [0.1, 0.15) is 0 Å². The Bertz CT molecular complexity index is 544. The Morgan fingerprint density at radius 3 is 2.56 bits per heavy atom. The molecule has 0 unspecified atom stereocenters. The molecule has 6 heteroatoms. The van der Waals surface area contributed by atoms with Crippen LogP contribution in [0.15, 0.2) is 24.3 Å². The van der Waals surface area contributed by atoms with Crippen molar-refractivity contribution >= 4 is 11.6 Å². The number of halogens is 1. The highest BCUT2D eigenvalue weighted by molar-refractivity contribution is 6.30. The Balaban J connectivity index is 1.88. The molecule has 0 aliphatic carbocycles. The number of nitrogens with one attached hydrogen (secondary N) is 1. The maximum atomic E-state index is 5.93. The van der Waals surface area contributed by atoms with E-state index < -0.39 is 0 Å². The standard InChI is InChI=1S/C12H14ClN5/c1-18-16-11(15-17-18)6-12(7-14-8-12)9-2-4-10(13)5-3-9/h2-5,14H,6-8H2,1H3. The molecule has 1 aliphatic heterocycles. The zero-order chi connectivity index (χ0) is 12.6. The van der Waals surface area contributed by atoms with Gasteiger partial charge in [0, 0.05) is 29.9 Å². The third-order valence-electron chi connectivity index (χ3n) is 3.43. The fourth-order valence-electron chi connectivity index (χ4n) is 2.36. The molecule has 3 rings (SSSR count). The first kappa shape index (κ1) is 11.6. The smallest absolute Gasteiger partial charge is 0.175 e. The SMILES string of the molecule is Cn1nnc(CC2(c3ccc(Cl)cc3)CNC2)n1. The van der Waals surface area contributed by atoms with Gasteiger partial charge in [-0.15, -0.1) is 10.2 Å². The first-order valence-corrected chi connectivity index (χ1v) is 6.25. The minimum Gasteiger partial charge on any atom is -0.315 e. The van der Waals surface area contributed by atoms with Crippen LogP contribution < -0.4 is 5.32 Å². The van der Waals surface area contributed by atoms with Gasteiger partial charge in [-0.1, -0.05) is 23.7 Å². The number of nitrogens with zero attached hydrogens (tertiary/aromatic N) is 4. The molecule has 1 aromatic carbocycles. The molecule has 0 bridgehead atoms. The number of hydrogen-bond donors (Lipinski definition) is 1. The average Bonchev–Trinajstić information content (AvgIpc) is 2.71. The lowest BCUT2D eigenvalue weighted by Crippen LogP contribution is -2.58. The largest absolute Gasteiger partial charge is 0.315 e. The van der Waals surface area contributed by atoms with Crippen molar-refractivity contribution in [3.63, 3.8) is 0 Å². The van der Waals surface area contributed by atoms with Crippen LogP contribution in [0.2, 0.25) is 5.02 Å². The van der Waals surface area contributed by atoms with Crippen molar-refractivity contribution in [1.82, 2.24) is 25.5 Å². The van der Waals surface area contributed by atoms with Crippen molar-refractivity contribution in [2.24, 2.45) is 7.05 Å². The van der Waals surface area contributed by atoms with Crippen LogP contribution in [0.3, 0.4) is 0 Å². The number of aromatic nitrogens is 4. The Kier molecular flexibility index (Phi) is 2.80. The fourth-order valence-corrected chi connectivity index (χ4v) is 2.48. The van der Waals surface area contributed by atoms with E-state index in [-0.39, 0.29) is 5.41 Å². The van der Waals surface area contributed by atoms with Crippen molar-refractivity contribution in [3.05, 3.63) is 40.7 Å². The number of benzene rings is 1.